The first-order valence-corrected chi connectivity index (χ1v) is 15.1. The lowest BCUT2D eigenvalue weighted by molar-refractivity contribution is -0.150. The van der Waals surface area contributed by atoms with Gasteiger partial charge >= 0.3 is 5.97 Å². The molecule has 1 saturated carbocycles. The van der Waals surface area contributed by atoms with Gasteiger partial charge in [-0.1, -0.05) is 35.1 Å². The monoisotopic (exact) mass is 597 g/mol. The molecule has 12 nitrogen and oxygen atoms in total. The van der Waals surface area contributed by atoms with Crippen LogP contribution in [0.3, 0.4) is 0 Å². The van der Waals surface area contributed by atoms with Gasteiger partial charge in [0.2, 0.25) is 0 Å². The van der Waals surface area contributed by atoms with E-state index in [0.717, 1.165) is 29.9 Å². The average molecular weight is 598 g/mol. The third-order valence-electron chi connectivity index (χ3n) is 6.40. The van der Waals surface area contributed by atoms with Gasteiger partial charge < -0.3 is 21.0 Å². The fourth-order valence-electron chi connectivity index (χ4n) is 4.23. The summed E-state index contributed by atoms with van der Waals surface area (Å²) in [6.45, 7) is 0.390. The zero-order chi connectivity index (χ0) is 27.8. The number of para-hydroxylation sites is 1. The minimum absolute atomic E-state index is 0.0833. The van der Waals surface area contributed by atoms with Crippen molar-refractivity contribution in [3.63, 3.8) is 0 Å². The van der Waals surface area contributed by atoms with Crippen LogP contribution < -0.4 is 11.1 Å². The normalized spacial score (nSPS) is 20.6. The van der Waals surface area contributed by atoms with E-state index < -0.39 is 29.2 Å². The van der Waals surface area contributed by atoms with Crippen molar-refractivity contribution in [3.05, 3.63) is 64.3 Å². The number of hydrogen-bond acceptors (Lipinski definition) is 11. The summed E-state index contributed by atoms with van der Waals surface area (Å²) in [6, 6.07) is 10.3. The van der Waals surface area contributed by atoms with Crippen LogP contribution >= 0.6 is 34.9 Å². The number of anilines is 1. The van der Waals surface area contributed by atoms with Gasteiger partial charge in [-0.2, -0.15) is 5.10 Å². The second kappa shape index (κ2) is 11.0. The molecule has 6 rings (SSSR count). The van der Waals surface area contributed by atoms with Crippen LogP contribution in [-0.4, -0.2) is 72.0 Å². The standard InChI is InChI=1S/C25H23N7O5S3/c26-25-28-15(11-39-25)18(30-37-10-13-6-7-13)21(33)29-19-22(34)31-20(24(35)36)16(12-38-23(19)31)40-17-8-9-27-32(17)14-4-2-1-3-5-14/h1-5,8-9,11,13,19,23H,6-7,10,12H2,(H2,26,28)(H,29,33)(H,35,36)/t19-,23+/m1/s1. The molecule has 4 heterocycles. The largest absolute Gasteiger partial charge is 0.477 e. The number of carbonyl (C=O) groups excluding carboxylic acids is 2. The number of amides is 2. The van der Waals surface area contributed by atoms with Gasteiger partial charge in [0.15, 0.2) is 10.8 Å². The molecule has 2 amide bonds. The van der Waals surface area contributed by atoms with Gasteiger partial charge in [-0.3, -0.25) is 14.5 Å². The Bertz CT molecular complexity index is 1530. The van der Waals surface area contributed by atoms with E-state index in [9.17, 15) is 19.5 Å². The van der Waals surface area contributed by atoms with E-state index in [-0.39, 0.29) is 22.2 Å². The average Bonchev–Trinajstić information content (AvgIpc) is 3.50. The maximum Gasteiger partial charge on any atom is 0.353 e. The van der Waals surface area contributed by atoms with Crippen molar-refractivity contribution in [3.8, 4) is 5.69 Å². The summed E-state index contributed by atoms with van der Waals surface area (Å²) in [5.41, 5.74) is 6.64. The number of carbonyl (C=O) groups is 3. The summed E-state index contributed by atoms with van der Waals surface area (Å²) < 4.78 is 1.71. The Morgan fingerprint density at radius 2 is 2.05 bits per heavy atom. The molecule has 2 aliphatic heterocycles. The number of nitrogens with one attached hydrogen (secondary N) is 1. The molecule has 3 aliphatic rings. The molecule has 15 heteroatoms. The third-order valence-corrected chi connectivity index (χ3v) is 9.64. The molecule has 0 bridgehead atoms. The maximum atomic E-state index is 13.2. The van der Waals surface area contributed by atoms with E-state index in [0.29, 0.717) is 28.2 Å². The number of fused-ring (bicyclic) bond motifs is 1. The molecule has 0 spiro atoms. The number of carboxylic acids is 1. The van der Waals surface area contributed by atoms with Gasteiger partial charge in [0.05, 0.1) is 11.9 Å². The number of aliphatic carboxylic acids is 1. The van der Waals surface area contributed by atoms with Gasteiger partial charge in [0.25, 0.3) is 11.8 Å². The number of thiazole rings is 1. The van der Waals surface area contributed by atoms with Crippen molar-refractivity contribution in [2.24, 2.45) is 11.1 Å². The molecule has 3 aromatic rings. The van der Waals surface area contributed by atoms with Crippen LogP contribution in [0.1, 0.15) is 18.5 Å². The van der Waals surface area contributed by atoms with Gasteiger partial charge in [-0.25, -0.2) is 14.5 Å². The minimum atomic E-state index is -1.22. The highest BCUT2D eigenvalue weighted by molar-refractivity contribution is 8.06. The van der Waals surface area contributed by atoms with Crippen molar-refractivity contribution in [2.45, 2.75) is 29.3 Å². The highest BCUT2D eigenvalue weighted by Crippen LogP contribution is 2.45. The van der Waals surface area contributed by atoms with Crippen molar-refractivity contribution in [1.82, 2.24) is 25.0 Å². The Morgan fingerprint density at radius 1 is 1.25 bits per heavy atom. The molecule has 2 fully saturated rings. The second-order valence-electron chi connectivity index (χ2n) is 9.21. The Balaban J connectivity index is 1.20. The van der Waals surface area contributed by atoms with Crippen LogP contribution in [0.25, 0.3) is 5.69 Å². The Kier molecular flexibility index (Phi) is 7.25. The van der Waals surface area contributed by atoms with E-state index in [1.807, 2.05) is 30.3 Å². The summed E-state index contributed by atoms with van der Waals surface area (Å²) in [5, 5.41) is 23.1. The molecule has 4 N–H and O–H groups in total. The topological polar surface area (TPSA) is 165 Å². The number of nitrogens with zero attached hydrogens (tertiary/aromatic N) is 5. The first-order chi connectivity index (χ1) is 19.4. The zero-order valence-corrected chi connectivity index (χ0v) is 23.2. The van der Waals surface area contributed by atoms with Crippen LogP contribution in [0.2, 0.25) is 0 Å². The smallest absolute Gasteiger partial charge is 0.353 e. The van der Waals surface area contributed by atoms with Crippen molar-refractivity contribution in [1.29, 1.82) is 0 Å². The lowest BCUT2D eigenvalue weighted by Gasteiger charge is -2.49. The molecular formula is C25H23N7O5S3. The van der Waals surface area contributed by atoms with Crippen molar-refractivity contribution >= 4 is 63.5 Å². The highest BCUT2D eigenvalue weighted by Gasteiger charge is 2.54. The Hall–Kier alpha value is -3.82. The fraction of sp³-hybridized carbons (Fsp3) is 0.280. The van der Waals surface area contributed by atoms with E-state index in [1.54, 1.807) is 22.3 Å². The number of aromatic nitrogens is 3. The van der Waals surface area contributed by atoms with Gasteiger partial charge in [0.1, 0.15) is 34.4 Å². The number of carboxylic acid groups (broad SMARTS) is 1. The molecule has 1 aliphatic carbocycles. The number of nitrogen functional groups attached to an aromatic ring is 1. The van der Waals surface area contributed by atoms with E-state index in [2.05, 4.69) is 20.6 Å². The number of benzene rings is 1. The SMILES string of the molecule is Nc1nc(C(=NOCC2CC2)C(=O)N[C@@H]2C(=O)N3C(C(=O)O)=C(Sc4ccnn4-c4ccccc4)CS[C@@H]23)cs1. The first-order valence-electron chi connectivity index (χ1n) is 12.3. The van der Waals surface area contributed by atoms with Gasteiger partial charge in [-0.05, 0) is 37.0 Å². The predicted molar refractivity (Wildman–Crippen MR) is 151 cm³/mol. The number of β-lactam (4-membered cyclic amide) rings is 1. The quantitative estimate of drug-likeness (QED) is 0.180. The Morgan fingerprint density at radius 3 is 2.75 bits per heavy atom. The van der Waals surface area contributed by atoms with E-state index >= 15 is 0 Å². The van der Waals surface area contributed by atoms with Crippen molar-refractivity contribution in [2.75, 3.05) is 18.1 Å². The number of thioether (sulfide) groups is 2. The van der Waals surface area contributed by atoms with Crippen LogP contribution in [-0.2, 0) is 19.2 Å². The highest BCUT2D eigenvalue weighted by atomic mass is 32.2. The fourth-order valence-corrected chi connectivity index (χ4v) is 7.31. The molecule has 40 heavy (non-hydrogen) atoms. The Labute approximate surface area is 240 Å². The molecular weight excluding hydrogens is 575 g/mol. The minimum Gasteiger partial charge on any atom is -0.477 e. The number of nitrogens with two attached hydrogens (primary N) is 1. The van der Waals surface area contributed by atoms with Crippen LogP contribution in [0.5, 0.6) is 0 Å². The maximum absolute atomic E-state index is 13.2. The lowest BCUT2D eigenvalue weighted by Crippen LogP contribution is -2.71. The number of oxime groups is 1. The second-order valence-corrected chi connectivity index (χ2v) is 12.3. The van der Waals surface area contributed by atoms with Gasteiger partial charge in [-0.15, -0.1) is 23.1 Å². The van der Waals surface area contributed by atoms with Gasteiger partial charge in [0, 0.05) is 16.0 Å². The predicted octanol–water partition coefficient (Wildman–Crippen LogP) is 2.53. The van der Waals surface area contributed by atoms with Crippen LogP contribution in [0.15, 0.2) is 68.8 Å². The number of rotatable bonds is 10. The summed E-state index contributed by atoms with van der Waals surface area (Å²) in [5.74, 6) is -1.62. The molecule has 1 saturated heterocycles. The molecule has 2 aromatic heterocycles. The summed E-state index contributed by atoms with van der Waals surface area (Å²) in [4.78, 5) is 50.0. The summed E-state index contributed by atoms with van der Waals surface area (Å²) in [7, 11) is 0. The first kappa shape index (κ1) is 26.4. The molecule has 1 aromatic carbocycles. The number of hydrogen-bond donors (Lipinski definition) is 3. The zero-order valence-electron chi connectivity index (χ0n) is 20.8. The molecule has 206 valence electrons. The third kappa shape index (κ3) is 5.19. The van der Waals surface area contributed by atoms with Crippen LogP contribution in [0.4, 0.5) is 5.13 Å². The summed E-state index contributed by atoms with van der Waals surface area (Å²) >= 11 is 3.78. The molecule has 0 unspecified atom stereocenters. The molecule has 0 radical (unpaired) electrons. The summed E-state index contributed by atoms with van der Waals surface area (Å²) in [6.07, 6.45) is 3.75. The van der Waals surface area contributed by atoms with E-state index in [4.69, 9.17) is 10.6 Å². The molecule has 2 atom stereocenters. The van der Waals surface area contributed by atoms with E-state index in [1.165, 1.54) is 28.4 Å². The van der Waals surface area contributed by atoms with Crippen LogP contribution in [0, 0.1) is 5.92 Å². The lowest BCUT2D eigenvalue weighted by atomic mass is 10.0. The van der Waals surface area contributed by atoms with Crippen molar-refractivity contribution < 1.29 is 24.3 Å².